The molecule has 2 aromatic rings. The van der Waals surface area contributed by atoms with Crippen LogP contribution in [-0.4, -0.2) is 54.6 Å². The summed E-state index contributed by atoms with van der Waals surface area (Å²) in [5.74, 6) is 0.0886. The number of alkyl carbamates (subject to hydrolysis) is 1. The summed E-state index contributed by atoms with van der Waals surface area (Å²) in [6.45, 7) is 2.17. The van der Waals surface area contributed by atoms with E-state index < -0.39 is 11.6 Å². The van der Waals surface area contributed by atoms with Crippen LogP contribution in [0.2, 0.25) is 0 Å². The number of hydrogen-bond donors (Lipinski definition) is 2. The van der Waals surface area contributed by atoms with Crippen molar-refractivity contribution in [2.45, 2.75) is 37.8 Å². The molecule has 1 spiro atoms. The van der Waals surface area contributed by atoms with Gasteiger partial charge in [0.25, 0.3) is 0 Å². The number of carbonyl (C=O) groups excluding carboxylic acids is 3. The van der Waals surface area contributed by atoms with E-state index in [-0.39, 0.29) is 18.4 Å². The SMILES string of the molecule is O=C(NCCCC(=O)N1CCC2(CC1)C(=O)NCN2c1ccccc1)OCc1ccccc1. The molecule has 0 unspecified atom stereocenters. The van der Waals surface area contributed by atoms with Gasteiger partial charge in [-0.15, -0.1) is 0 Å². The molecular formula is C25H30N4O4. The molecule has 0 atom stereocenters. The number of anilines is 1. The summed E-state index contributed by atoms with van der Waals surface area (Å²) in [7, 11) is 0. The molecular weight excluding hydrogens is 420 g/mol. The van der Waals surface area contributed by atoms with Gasteiger partial charge in [0, 0.05) is 31.7 Å². The fraction of sp³-hybridized carbons (Fsp3) is 0.400. The molecule has 8 heteroatoms. The second-order valence-electron chi connectivity index (χ2n) is 8.43. The average molecular weight is 451 g/mol. The van der Waals surface area contributed by atoms with Crippen LogP contribution < -0.4 is 15.5 Å². The Bertz CT molecular complexity index is 959. The number of carbonyl (C=O) groups is 3. The van der Waals surface area contributed by atoms with Crippen molar-refractivity contribution in [3.05, 3.63) is 66.2 Å². The lowest BCUT2D eigenvalue weighted by atomic mass is 9.85. The lowest BCUT2D eigenvalue weighted by Gasteiger charge is -2.43. The second-order valence-corrected chi connectivity index (χ2v) is 8.43. The van der Waals surface area contributed by atoms with Crippen LogP contribution in [-0.2, 0) is 20.9 Å². The molecule has 3 amide bonds. The summed E-state index contributed by atoms with van der Waals surface area (Å²) in [6, 6.07) is 19.4. The minimum Gasteiger partial charge on any atom is -0.445 e. The minimum absolute atomic E-state index is 0.0386. The molecule has 2 aromatic carbocycles. The molecule has 2 fully saturated rings. The summed E-state index contributed by atoms with van der Waals surface area (Å²) in [6.07, 6.45) is 1.60. The molecule has 8 nitrogen and oxygen atoms in total. The van der Waals surface area contributed by atoms with Gasteiger partial charge in [-0.2, -0.15) is 0 Å². The number of rotatable bonds is 7. The predicted octanol–water partition coefficient (Wildman–Crippen LogP) is 2.65. The summed E-state index contributed by atoms with van der Waals surface area (Å²) >= 11 is 0. The number of para-hydroxylation sites is 1. The van der Waals surface area contributed by atoms with Gasteiger partial charge in [0.15, 0.2) is 0 Å². The molecule has 2 heterocycles. The molecule has 33 heavy (non-hydrogen) atoms. The monoisotopic (exact) mass is 450 g/mol. The van der Waals surface area contributed by atoms with E-state index in [0.29, 0.717) is 52.0 Å². The molecule has 2 aliphatic rings. The Kier molecular flexibility index (Phi) is 7.12. The highest BCUT2D eigenvalue weighted by molar-refractivity contribution is 5.93. The number of benzene rings is 2. The molecule has 2 saturated heterocycles. The third-order valence-corrected chi connectivity index (χ3v) is 6.40. The second kappa shape index (κ2) is 10.4. The van der Waals surface area contributed by atoms with Crippen LogP contribution >= 0.6 is 0 Å². The van der Waals surface area contributed by atoms with E-state index >= 15 is 0 Å². The van der Waals surface area contributed by atoms with Crippen molar-refractivity contribution in [3.63, 3.8) is 0 Å². The zero-order chi connectivity index (χ0) is 23.1. The number of hydrogen-bond acceptors (Lipinski definition) is 5. The van der Waals surface area contributed by atoms with Crippen LogP contribution in [0.1, 0.15) is 31.2 Å². The maximum absolute atomic E-state index is 12.7. The van der Waals surface area contributed by atoms with Crippen molar-refractivity contribution in [2.75, 3.05) is 31.2 Å². The van der Waals surface area contributed by atoms with E-state index in [2.05, 4.69) is 15.5 Å². The summed E-state index contributed by atoms with van der Waals surface area (Å²) < 4.78 is 5.17. The Morgan fingerprint density at radius 1 is 1.00 bits per heavy atom. The van der Waals surface area contributed by atoms with Gasteiger partial charge in [-0.25, -0.2) is 4.79 Å². The fourth-order valence-electron chi connectivity index (χ4n) is 4.52. The Balaban J connectivity index is 1.19. The van der Waals surface area contributed by atoms with Crippen LogP contribution in [0.4, 0.5) is 10.5 Å². The largest absolute Gasteiger partial charge is 0.445 e. The standard InChI is InChI=1S/C25H30N4O4/c30-22(12-7-15-26-24(32)33-18-20-8-3-1-4-9-20)28-16-13-25(14-17-28)23(31)27-19-29(25)21-10-5-2-6-11-21/h1-6,8-11H,7,12-19H2,(H,26,32)(H,27,31). The quantitative estimate of drug-likeness (QED) is 0.633. The first-order valence-electron chi connectivity index (χ1n) is 11.4. The highest BCUT2D eigenvalue weighted by Gasteiger charge is 2.50. The van der Waals surface area contributed by atoms with E-state index in [0.717, 1.165) is 11.3 Å². The van der Waals surface area contributed by atoms with E-state index in [1.165, 1.54) is 0 Å². The topological polar surface area (TPSA) is 91.0 Å². The lowest BCUT2D eigenvalue weighted by Crippen LogP contribution is -2.57. The first-order chi connectivity index (χ1) is 16.1. The van der Waals surface area contributed by atoms with Crippen molar-refractivity contribution < 1.29 is 19.1 Å². The van der Waals surface area contributed by atoms with Crippen LogP contribution in [0.3, 0.4) is 0 Å². The minimum atomic E-state index is -0.595. The van der Waals surface area contributed by atoms with Gasteiger partial charge >= 0.3 is 6.09 Å². The van der Waals surface area contributed by atoms with Gasteiger partial charge < -0.3 is 25.2 Å². The third-order valence-electron chi connectivity index (χ3n) is 6.40. The normalized spacial score (nSPS) is 17.0. The molecule has 0 saturated carbocycles. The first-order valence-corrected chi connectivity index (χ1v) is 11.4. The number of likely N-dealkylation sites (tertiary alicyclic amines) is 1. The zero-order valence-electron chi connectivity index (χ0n) is 18.7. The zero-order valence-corrected chi connectivity index (χ0v) is 18.7. The van der Waals surface area contributed by atoms with Gasteiger partial charge in [-0.05, 0) is 37.0 Å². The Morgan fingerprint density at radius 2 is 1.67 bits per heavy atom. The van der Waals surface area contributed by atoms with Gasteiger partial charge in [0.2, 0.25) is 11.8 Å². The summed E-state index contributed by atoms with van der Waals surface area (Å²) in [5.41, 5.74) is 1.34. The number of amides is 3. The van der Waals surface area contributed by atoms with Crippen molar-refractivity contribution in [1.82, 2.24) is 15.5 Å². The smallest absolute Gasteiger partial charge is 0.407 e. The summed E-state index contributed by atoms with van der Waals surface area (Å²) in [4.78, 5) is 41.1. The van der Waals surface area contributed by atoms with E-state index in [9.17, 15) is 14.4 Å². The number of nitrogens with one attached hydrogen (secondary N) is 2. The van der Waals surface area contributed by atoms with E-state index in [1.807, 2.05) is 65.6 Å². The molecule has 0 aliphatic carbocycles. The fourth-order valence-corrected chi connectivity index (χ4v) is 4.52. The number of nitrogens with zero attached hydrogens (tertiary/aromatic N) is 2. The number of ether oxygens (including phenoxy) is 1. The van der Waals surface area contributed by atoms with Gasteiger partial charge in [0.05, 0.1) is 6.67 Å². The highest BCUT2D eigenvalue weighted by Crippen LogP contribution is 2.36. The van der Waals surface area contributed by atoms with Crippen LogP contribution in [0.25, 0.3) is 0 Å². The molecule has 2 N–H and O–H groups in total. The van der Waals surface area contributed by atoms with Crippen molar-refractivity contribution >= 4 is 23.6 Å². The molecule has 0 radical (unpaired) electrons. The first kappa shape index (κ1) is 22.6. The van der Waals surface area contributed by atoms with E-state index in [4.69, 9.17) is 4.74 Å². The van der Waals surface area contributed by atoms with Crippen molar-refractivity contribution in [1.29, 1.82) is 0 Å². The van der Waals surface area contributed by atoms with Gasteiger partial charge in [-0.3, -0.25) is 9.59 Å². The van der Waals surface area contributed by atoms with Crippen molar-refractivity contribution in [3.8, 4) is 0 Å². The Labute approximate surface area is 193 Å². The molecule has 4 rings (SSSR count). The maximum atomic E-state index is 12.7. The molecule has 0 aromatic heterocycles. The average Bonchev–Trinajstić information content (AvgIpc) is 3.17. The molecule has 174 valence electrons. The van der Waals surface area contributed by atoms with Crippen LogP contribution in [0, 0.1) is 0 Å². The van der Waals surface area contributed by atoms with Crippen molar-refractivity contribution in [2.24, 2.45) is 0 Å². The Hall–Kier alpha value is -3.55. The lowest BCUT2D eigenvalue weighted by molar-refractivity contribution is -0.135. The highest BCUT2D eigenvalue weighted by atomic mass is 16.5. The number of piperidine rings is 1. The summed E-state index contributed by atoms with van der Waals surface area (Å²) in [5, 5.41) is 5.67. The molecule has 2 aliphatic heterocycles. The Morgan fingerprint density at radius 3 is 2.36 bits per heavy atom. The van der Waals surface area contributed by atoms with Crippen LogP contribution in [0.15, 0.2) is 60.7 Å². The van der Waals surface area contributed by atoms with Gasteiger partial charge in [0.1, 0.15) is 12.1 Å². The maximum Gasteiger partial charge on any atom is 0.407 e. The van der Waals surface area contributed by atoms with Crippen LogP contribution in [0.5, 0.6) is 0 Å². The molecule has 0 bridgehead atoms. The predicted molar refractivity (Wildman–Crippen MR) is 124 cm³/mol. The third kappa shape index (κ3) is 5.27. The van der Waals surface area contributed by atoms with Gasteiger partial charge in [-0.1, -0.05) is 48.5 Å². The van der Waals surface area contributed by atoms with E-state index in [1.54, 1.807) is 0 Å².